The third-order valence-corrected chi connectivity index (χ3v) is 2.86. The first-order valence-corrected chi connectivity index (χ1v) is 5.16. The molecule has 1 N–H and O–H groups in total. The molecule has 1 aliphatic rings. The maximum Gasteiger partial charge on any atom is 0.0342 e. The highest BCUT2D eigenvalue weighted by Gasteiger charge is 2.20. The van der Waals surface area contributed by atoms with Gasteiger partial charge in [0.2, 0.25) is 0 Å². The van der Waals surface area contributed by atoms with E-state index in [2.05, 4.69) is 28.3 Å². The number of nitrogens with zero attached hydrogens (tertiary/aromatic N) is 2. The van der Waals surface area contributed by atoms with Crippen LogP contribution in [0.2, 0.25) is 0 Å². The van der Waals surface area contributed by atoms with Crippen molar-refractivity contribution in [2.45, 2.75) is 12.5 Å². The fraction of sp³-hybridized carbons (Fsp3) is 0.545. The number of aromatic nitrogens is 1. The SMILES string of the molecule is CN(CCc1cccnc1)C1CNC1. The number of rotatable bonds is 4. The molecule has 14 heavy (non-hydrogen) atoms. The van der Waals surface area contributed by atoms with Gasteiger partial charge in [0, 0.05) is 38.1 Å². The second-order valence-electron chi connectivity index (χ2n) is 3.90. The molecule has 0 saturated carbocycles. The minimum absolute atomic E-state index is 0.742. The highest BCUT2D eigenvalue weighted by Crippen LogP contribution is 2.04. The molecule has 76 valence electrons. The van der Waals surface area contributed by atoms with Crippen LogP contribution in [0.25, 0.3) is 0 Å². The molecule has 3 heteroatoms. The van der Waals surface area contributed by atoms with Crippen molar-refractivity contribution in [2.75, 3.05) is 26.7 Å². The Kier molecular flexibility index (Phi) is 3.11. The van der Waals surface area contributed by atoms with Gasteiger partial charge in [-0.15, -0.1) is 0 Å². The summed E-state index contributed by atoms with van der Waals surface area (Å²) in [6.07, 6.45) is 4.87. The molecule has 0 aliphatic carbocycles. The molecule has 1 saturated heterocycles. The van der Waals surface area contributed by atoms with Gasteiger partial charge in [-0.3, -0.25) is 4.98 Å². The summed E-state index contributed by atoms with van der Waals surface area (Å²) in [6.45, 7) is 3.41. The third kappa shape index (κ3) is 2.30. The number of hydrogen-bond acceptors (Lipinski definition) is 3. The number of nitrogens with one attached hydrogen (secondary N) is 1. The lowest BCUT2D eigenvalue weighted by Gasteiger charge is -2.35. The molecule has 0 radical (unpaired) electrons. The average molecular weight is 191 g/mol. The van der Waals surface area contributed by atoms with E-state index >= 15 is 0 Å². The topological polar surface area (TPSA) is 28.2 Å². The number of hydrogen-bond donors (Lipinski definition) is 1. The van der Waals surface area contributed by atoms with Crippen molar-refractivity contribution in [3.63, 3.8) is 0 Å². The molecule has 2 rings (SSSR count). The van der Waals surface area contributed by atoms with E-state index in [0.717, 1.165) is 32.1 Å². The van der Waals surface area contributed by atoms with Gasteiger partial charge in [-0.2, -0.15) is 0 Å². The largest absolute Gasteiger partial charge is 0.314 e. The van der Waals surface area contributed by atoms with Gasteiger partial charge in [0.1, 0.15) is 0 Å². The summed E-state index contributed by atoms with van der Waals surface area (Å²) in [5.41, 5.74) is 1.33. The van der Waals surface area contributed by atoms with Crippen molar-refractivity contribution in [2.24, 2.45) is 0 Å². The molecular weight excluding hydrogens is 174 g/mol. The maximum atomic E-state index is 4.11. The first-order valence-electron chi connectivity index (χ1n) is 5.16. The van der Waals surface area contributed by atoms with E-state index in [1.54, 1.807) is 0 Å². The van der Waals surface area contributed by atoms with Crippen molar-refractivity contribution in [3.05, 3.63) is 30.1 Å². The van der Waals surface area contributed by atoms with E-state index in [1.165, 1.54) is 5.56 Å². The van der Waals surface area contributed by atoms with Gasteiger partial charge in [-0.05, 0) is 25.1 Å². The normalized spacial score (nSPS) is 17.0. The lowest BCUT2D eigenvalue weighted by atomic mass is 10.1. The highest BCUT2D eigenvalue weighted by molar-refractivity contribution is 5.08. The highest BCUT2D eigenvalue weighted by atomic mass is 15.2. The van der Waals surface area contributed by atoms with Gasteiger partial charge < -0.3 is 10.2 Å². The van der Waals surface area contributed by atoms with Crippen LogP contribution in [-0.4, -0.2) is 42.6 Å². The van der Waals surface area contributed by atoms with Crippen molar-refractivity contribution in [1.29, 1.82) is 0 Å². The summed E-state index contributed by atoms with van der Waals surface area (Å²) < 4.78 is 0. The van der Waals surface area contributed by atoms with Gasteiger partial charge in [-0.1, -0.05) is 6.07 Å². The first-order chi connectivity index (χ1) is 6.86. The van der Waals surface area contributed by atoms with Crippen LogP contribution in [0.5, 0.6) is 0 Å². The van der Waals surface area contributed by atoms with Crippen molar-refractivity contribution in [3.8, 4) is 0 Å². The molecule has 0 bridgehead atoms. The van der Waals surface area contributed by atoms with E-state index < -0.39 is 0 Å². The fourth-order valence-corrected chi connectivity index (χ4v) is 1.62. The lowest BCUT2D eigenvalue weighted by Crippen LogP contribution is -2.56. The predicted octanol–water partition coefficient (Wildman–Crippen LogP) is 0.528. The van der Waals surface area contributed by atoms with Gasteiger partial charge in [0.25, 0.3) is 0 Å². The van der Waals surface area contributed by atoms with Crippen LogP contribution < -0.4 is 5.32 Å². The molecule has 2 heterocycles. The van der Waals surface area contributed by atoms with Gasteiger partial charge in [-0.25, -0.2) is 0 Å². The Hall–Kier alpha value is -0.930. The molecule has 1 aromatic heterocycles. The van der Waals surface area contributed by atoms with Crippen LogP contribution in [0.4, 0.5) is 0 Å². The Labute approximate surface area is 85.1 Å². The Morgan fingerprint density at radius 3 is 3.00 bits per heavy atom. The van der Waals surface area contributed by atoms with E-state index in [0.29, 0.717) is 0 Å². The average Bonchev–Trinajstić information content (AvgIpc) is 2.14. The van der Waals surface area contributed by atoms with E-state index in [1.807, 2.05) is 18.5 Å². The predicted molar refractivity (Wildman–Crippen MR) is 57.2 cm³/mol. The summed E-state index contributed by atoms with van der Waals surface area (Å²) in [5.74, 6) is 0. The summed E-state index contributed by atoms with van der Waals surface area (Å²) >= 11 is 0. The smallest absolute Gasteiger partial charge is 0.0342 e. The molecule has 3 nitrogen and oxygen atoms in total. The molecule has 0 atom stereocenters. The van der Waals surface area contributed by atoms with Crippen LogP contribution in [0.3, 0.4) is 0 Å². The Balaban J connectivity index is 1.76. The maximum absolute atomic E-state index is 4.11. The van der Waals surface area contributed by atoms with Crippen LogP contribution in [0.1, 0.15) is 5.56 Å². The van der Waals surface area contributed by atoms with Crippen LogP contribution >= 0.6 is 0 Å². The number of likely N-dealkylation sites (N-methyl/N-ethyl adjacent to an activating group) is 1. The van der Waals surface area contributed by atoms with Gasteiger partial charge >= 0.3 is 0 Å². The Bertz CT molecular complexity index is 269. The van der Waals surface area contributed by atoms with E-state index in [9.17, 15) is 0 Å². The quantitative estimate of drug-likeness (QED) is 0.752. The zero-order valence-corrected chi connectivity index (χ0v) is 8.61. The van der Waals surface area contributed by atoms with Crippen LogP contribution in [-0.2, 0) is 6.42 Å². The van der Waals surface area contributed by atoms with Crippen molar-refractivity contribution < 1.29 is 0 Å². The molecule has 0 spiro atoms. The summed E-state index contributed by atoms with van der Waals surface area (Å²) in [7, 11) is 2.20. The lowest BCUT2D eigenvalue weighted by molar-refractivity contribution is 0.182. The van der Waals surface area contributed by atoms with E-state index in [-0.39, 0.29) is 0 Å². The standard InChI is InChI=1S/C11H17N3/c1-14(11-8-13-9-11)6-4-10-3-2-5-12-7-10/h2-3,5,7,11,13H,4,6,8-9H2,1H3. The zero-order valence-electron chi connectivity index (χ0n) is 8.61. The molecule has 0 unspecified atom stereocenters. The third-order valence-electron chi connectivity index (χ3n) is 2.86. The second-order valence-corrected chi connectivity index (χ2v) is 3.90. The molecular formula is C11H17N3. The molecule has 1 aliphatic heterocycles. The number of pyridine rings is 1. The Morgan fingerprint density at radius 2 is 2.43 bits per heavy atom. The van der Waals surface area contributed by atoms with E-state index in [4.69, 9.17) is 0 Å². The summed E-state index contributed by atoms with van der Waals surface area (Å²) in [6, 6.07) is 4.88. The monoisotopic (exact) mass is 191 g/mol. The molecule has 0 aromatic carbocycles. The van der Waals surface area contributed by atoms with Crippen LogP contribution in [0.15, 0.2) is 24.5 Å². The van der Waals surface area contributed by atoms with Crippen molar-refractivity contribution in [1.82, 2.24) is 15.2 Å². The van der Waals surface area contributed by atoms with Gasteiger partial charge in [0.15, 0.2) is 0 Å². The molecule has 1 fully saturated rings. The summed E-state index contributed by atoms with van der Waals surface area (Å²) in [5, 5.41) is 3.29. The summed E-state index contributed by atoms with van der Waals surface area (Å²) in [4.78, 5) is 6.53. The fourth-order valence-electron chi connectivity index (χ4n) is 1.62. The minimum Gasteiger partial charge on any atom is -0.314 e. The van der Waals surface area contributed by atoms with Crippen LogP contribution in [0, 0.1) is 0 Å². The zero-order chi connectivity index (χ0) is 9.80. The first kappa shape index (κ1) is 9.62. The second kappa shape index (κ2) is 4.53. The molecule has 1 aromatic rings. The minimum atomic E-state index is 0.742. The van der Waals surface area contributed by atoms with Gasteiger partial charge in [0.05, 0.1) is 0 Å². The molecule has 0 amide bonds. The Morgan fingerprint density at radius 1 is 1.57 bits per heavy atom. The van der Waals surface area contributed by atoms with Crippen molar-refractivity contribution >= 4 is 0 Å².